The first kappa shape index (κ1) is 80.5. The minimum absolute atomic E-state index is 0.0176. The number of carboxylic acid groups (broad SMARTS) is 1. The Morgan fingerprint density at radius 2 is 0.708 bits per heavy atom. The fourth-order valence-corrected chi connectivity index (χ4v) is 9.25. The van der Waals surface area contributed by atoms with Gasteiger partial charge in [-0.1, -0.05) is 70.7 Å². The molecule has 6 amide bonds. The zero-order valence-corrected chi connectivity index (χ0v) is 59.0. The summed E-state index contributed by atoms with van der Waals surface area (Å²) in [5.41, 5.74) is -5.78. The molecule has 4 aromatic carbocycles. The number of carbonyl (C=O) groups is 8. The minimum Gasteiger partial charge on any atom is -0.476 e. The van der Waals surface area contributed by atoms with Gasteiger partial charge < -0.3 is 61.9 Å². The standard InChI is InChI=1S/C67H88Cl2N6O21/c1-42-18-22-51(44(3)34-42)72(60(81)93-64(6,7)38-89-30-26-85-14)57(77)55(46(5)76)70-74(62(83)95-66(10,11)40-91-32-28-87-16)53-24-20-47(36-49(53)68)48-21-25-54(50(69)37-48)75(63(84)96-67(12,13)41-92-33-29-88-17)71-56(59(79)80)58(78)73(52-23-19-43(2)35-45(52)4)61(82)94-65(8,9)39-90-31-27-86-15/h18-25,34-37H,26-33,38-41H2,1-17H3,(H,79,80)/b70-55+,71-56-. The van der Waals surface area contributed by atoms with E-state index in [1.54, 1.807) is 65.8 Å². The molecule has 4 rings (SSSR count). The van der Waals surface area contributed by atoms with E-state index in [2.05, 4.69) is 10.2 Å². The van der Waals surface area contributed by atoms with Crippen LogP contribution in [0, 0.1) is 27.7 Å². The van der Waals surface area contributed by atoms with Gasteiger partial charge in [-0.2, -0.15) is 15.1 Å². The number of hydrogen-bond donors (Lipinski definition) is 1. The molecular formula is C67H88Cl2N6O21. The fourth-order valence-electron chi connectivity index (χ4n) is 8.73. The van der Waals surface area contributed by atoms with E-state index in [0.717, 1.165) is 18.1 Å². The number of ketones is 1. The van der Waals surface area contributed by atoms with Crippen molar-refractivity contribution in [2.75, 3.05) is 128 Å². The first-order chi connectivity index (χ1) is 45.0. The summed E-state index contributed by atoms with van der Waals surface area (Å²) in [4.78, 5) is 116. The quantitative estimate of drug-likeness (QED) is 0.0147. The van der Waals surface area contributed by atoms with Crippen molar-refractivity contribution in [3.05, 3.63) is 105 Å². The van der Waals surface area contributed by atoms with Crippen LogP contribution in [0.3, 0.4) is 0 Å². The van der Waals surface area contributed by atoms with E-state index < -0.39 is 81.8 Å². The maximum atomic E-state index is 15.0. The Hall–Kier alpha value is -7.96. The lowest BCUT2D eigenvalue weighted by molar-refractivity contribution is -0.130. The average molecular weight is 1380 g/mol. The molecule has 0 heterocycles. The molecule has 0 bridgehead atoms. The highest BCUT2D eigenvalue weighted by atomic mass is 35.5. The highest BCUT2D eigenvalue weighted by molar-refractivity contribution is 6.69. The Morgan fingerprint density at radius 3 is 0.990 bits per heavy atom. The Balaban J connectivity index is 1.96. The Bertz CT molecular complexity index is 3240. The number of benzene rings is 4. The summed E-state index contributed by atoms with van der Waals surface area (Å²) in [6.45, 7) is 20.7. The van der Waals surface area contributed by atoms with E-state index in [9.17, 15) is 38.7 Å². The van der Waals surface area contributed by atoms with E-state index in [0.29, 0.717) is 30.9 Å². The number of methoxy groups -OCH3 is 4. The number of nitrogens with zero attached hydrogens (tertiary/aromatic N) is 6. The van der Waals surface area contributed by atoms with Gasteiger partial charge in [0.2, 0.25) is 5.71 Å². The van der Waals surface area contributed by atoms with Crippen LogP contribution in [0.1, 0.15) is 84.6 Å². The molecule has 0 saturated carbocycles. The van der Waals surface area contributed by atoms with Gasteiger partial charge in [-0.05, 0) is 142 Å². The van der Waals surface area contributed by atoms with Crippen LogP contribution in [-0.4, -0.2) is 195 Å². The maximum Gasteiger partial charge on any atom is 0.435 e. The smallest absolute Gasteiger partial charge is 0.435 e. The van der Waals surface area contributed by atoms with Crippen LogP contribution in [0.4, 0.5) is 41.9 Å². The van der Waals surface area contributed by atoms with Gasteiger partial charge in [0.25, 0.3) is 11.8 Å². The minimum atomic E-state index is -1.99. The first-order valence-electron chi connectivity index (χ1n) is 30.2. The lowest BCUT2D eigenvalue weighted by Crippen LogP contribution is -2.49. The van der Waals surface area contributed by atoms with Gasteiger partial charge in [0.15, 0.2) is 11.5 Å². The van der Waals surface area contributed by atoms with Gasteiger partial charge in [0.1, 0.15) is 22.4 Å². The molecule has 4 aromatic rings. The summed E-state index contributed by atoms with van der Waals surface area (Å²) >= 11 is 14.2. The third-order valence-electron chi connectivity index (χ3n) is 13.3. The zero-order chi connectivity index (χ0) is 71.9. The van der Waals surface area contributed by atoms with Gasteiger partial charge in [-0.25, -0.2) is 33.8 Å². The van der Waals surface area contributed by atoms with Crippen molar-refractivity contribution in [3.63, 3.8) is 0 Å². The molecule has 1 N–H and O–H groups in total. The largest absolute Gasteiger partial charge is 0.476 e. The molecule has 96 heavy (non-hydrogen) atoms. The van der Waals surface area contributed by atoms with Crippen molar-refractivity contribution in [3.8, 4) is 11.1 Å². The Morgan fingerprint density at radius 1 is 0.417 bits per heavy atom. The van der Waals surface area contributed by atoms with Crippen LogP contribution in [0.25, 0.3) is 11.1 Å². The SMILES string of the molecule is COCCOCC(C)(C)OC(=O)N(/N=C(\C(=O)O)C(=O)N(C(=O)OC(C)(C)COCCOC)c1ccc(C)cc1C)c1ccc(-c2ccc(N(/N=C(\C(C)=O)C(=O)N(C(=O)OC(C)(C)COCCOC)c3ccc(C)cc3C)C(=O)OC(C)(C)COCCOC)c(Cl)c2)cc1Cl. The predicted molar refractivity (Wildman–Crippen MR) is 360 cm³/mol. The molecule has 0 atom stereocenters. The summed E-state index contributed by atoms with van der Waals surface area (Å²) in [6, 6.07) is 17.5. The highest BCUT2D eigenvalue weighted by Crippen LogP contribution is 2.38. The van der Waals surface area contributed by atoms with E-state index in [4.69, 9.17) is 80.0 Å². The average Bonchev–Trinajstić information content (AvgIpc) is 0.796. The van der Waals surface area contributed by atoms with E-state index in [-0.39, 0.29) is 123 Å². The summed E-state index contributed by atoms with van der Waals surface area (Å²) in [7, 11) is 5.92. The lowest BCUT2D eigenvalue weighted by atomic mass is 10.0. The topological polar surface area (TPSA) is 305 Å². The number of aliphatic carboxylic acids is 1. The number of hydrogen-bond acceptors (Lipinski definition) is 22. The molecule has 0 radical (unpaired) electrons. The number of aryl methyl sites for hydroxylation is 4. The van der Waals surface area contributed by atoms with Gasteiger partial charge >= 0.3 is 30.3 Å². The normalized spacial score (nSPS) is 12.2. The number of imide groups is 2. The number of amides is 6. The third-order valence-corrected chi connectivity index (χ3v) is 13.9. The number of rotatable bonds is 35. The van der Waals surface area contributed by atoms with Crippen molar-refractivity contribution < 1.29 is 100 Å². The second-order valence-corrected chi connectivity index (χ2v) is 25.1. The molecule has 27 nitrogen and oxygen atoms in total. The molecular weight excluding hydrogens is 1300 g/mol. The second-order valence-electron chi connectivity index (χ2n) is 24.3. The summed E-state index contributed by atoms with van der Waals surface area (Å²) in [6.07, 6.45) is -5.16. The molecule has 0 fully saturated rings. The molecule has 0 aliphatic rings. The first-order valence-corrected chi connectivity index (χ1v) is 30.9. The molecule has 0 unspecified atom stereocenters. The number of anilines is 4. The fraction of sp³-hybridized carbons (Fsp3) is 0.493. The molecule has 0 aliphatic carbocycles. The summed E-state index contributed by atoms with van der Waals surface area (Å²) in [5.74, 6) is -5.84. The highest BCUT2D eigenvalue weighted by Gasteiger charge is 2.41. The number of ether oxygens (including phenoxy) is 12. The predicted octanol–water partition coefficient (Wildman–Crippen LogP) is 11.3. The number of carbonyl (C=O) groups excluding carboxylic acids is 7. The number of carboxylic acids is 1. The molecule has 0 aromatic heterocycles. The van der Waals surface area contributed by atoms with Crippen LogP contribution in [0.2, 0.25) is 10.0 Å². The van der Waals surface area contributed by atoms with Crippen LogP contribution >= 0.6 is 23.2 Å². The van der Waals surface area contributed by atoms with Crippen LogP contribution < -0.4 is 19.8 Å². The number of halogens is 2. The molecule has 0 saturated heterocycles. The van der Waals surface area contributed by atoms with Crippen molar-refractivity contribution in [1.82, 2.24) is 0 Å². The van der Waals surface area contributed by atoms with Gasteiger partial charge in [-0.15, -0.1) is 5.10 Å². The monoisotopic (exact) mass is 1380 g/mol. The summed E-state index contributed by atoms with van der Waals surface area (Å²) in [5, 5.41) is 19.7. The summed E-state index contributed by atoms with van der Waals surface area (Å²) < 4.78 is 66.3. The Kier molecular flexibility index (Phi) is 31.0. The lowest BCUT2D eigenvalue weighted by Gasteiger charge is -2.30. The van der Waals surface area contributed by atoms with Gasteiger partial charge in [-0.3, -0.25) is 14.4 Å². The van der Waals surface area contributed by atoms with E-state index in [1.165, 1.54) is 119 Å². The van der Waals surface area contributed by atoms with Gasteiger partial charge in [0.05, 0.1) is 112 Å². The van der Waals surface area contributed by atoms with Crippen LogP contribution in [-0.2, 0) is 76.0 Å². The van der Waals surface area contributed by atoms with Crippen molar-refractivity contribution in [2.45, 2.75) is 112 Å². The third kappa shape index (κ3) is 24.3. The van der Waals surface area contributed by atoms with Crippen molar-refractivity contribution in [1.29, 1.82) is 0 Å². The van der Waals surface area contributed by atoms with Crippen molar-refractivity contribution >= 4 is 105 Å². The molecule has 0 spiro atoms. The molecule has 0 aliphatic heterocycles. The van der Waals surface area contributed by atoms with E-state index in [1.807, 2.05) is 0 Å². The maximum absolute atomic E-state index is 15.0. The zero-order valence-electron chi connectivity index (χ0n) is 57.5. The second kappa shape index (κ2) is 37.0. The van der Waals surface area contributed by atoms with Crippen molar-refractivity contribution in [2.24, 2.45) is 10.2 Å². The number of hydrazone groups is 2. The van der Waals surface area contributed by atoms with E-state index >= 15 is 4.79 Å². The molecule has 526 valence electrons. The Labute approximate surface area is 569 Å². The molecule has 29 heteroatoms. The van der Waals surface area contributed by atoms with Gasteiger partial charge in [0, 0.05) is 35.4 Å². The number of Topliss-reactive ketones (excluding diaryl/α,β-unsaturated/α-hetero) is 1. The van der Waals surface area contributed by atoms with Crippen LogP contribution in [0.15, 0.2) is 83.0 Å². The van der Waals surface area contributed by atoms with Crippen LogP contribution in [0.5, 0.6) is 0 Å².